The van der Waals surface area contributed by atoms with Gasteiger partial charge in [0.2, 0.25) is 5.91 Å². The maximum atomic E-state index is 13.7. The second-order valence-electron chi connectivity index (χ2n) is 7.88. The number of alkyl halides is 3. The zero-order valence-electron chi connectivity index (χ0n) is 17.6. The van der Waals surface area contributed by atoms with Gasteiger partial charge in [0.15, 0.2) is 0 Å². The molecular weight excluding hydrogens is 459 g/mol. The lowest BCUT2D eigenvalue weighted by Gasteiger charge is -2.15. The SMILES string of the molecule is O=C(CCC1CCCC1)N/C(=C\c1ccc(Oc2ccccc2Cl)cc1C(F)(F)F)C(=O)O. The molecule has 0 bridgehead atoms. The van der Waals surface area contributed by atoms with Crippen LogP contribution in [0.5, 0.6) is 11.5 Å². The first-order valence-electron chi connectivity index (χ1n) is 10.5. The normalized spacial score (nSPS) is 14.8. The summed E-state index contributed by atoms with van der Waals surface area (Å²) in [5, 5.41) is 11.9. The van der Waals surface area contributed by atoms with Crippen molar-refractivity contribution in [3.05, 3.63) is 64.3 Å². The second kappa shape index (κ2) is 10.7. The summed E-state index contributed by atoms with van der Waals surface area (Å²) in [5.74, 6) is -1.59. The molecule has 0 aliphatic heterocycles. The van der Waals surface area contributed by atoms with Gasteiger partial charge in [0, 0.05) is 6.42 Å². The van der Waals surface area contributed by atoms with Crippen molar-refractivity contribution in [3.63, 3.8) is 0 Å². The Kier molecular flexibility index (Phi) is 8.02. The highest BCUT2D eigenvalue weighted by Crippen LogP contribution is 2.37. The van der Waals surface area contributed by atoms with Gasteiger partial charge < -0.3 is 15.2 Å². The van der Waals surface area contributed by atoms with E-state index in [9.17, 15) is 27.9 Å². The van der Waals surface area contributed by atoms with Gasteiger partial charge in [0.1, 0.15) is 17.2 Å². The van der Waals surface area contributed by atoms with E-state index >= 15 is 0 Å². The molecule has 0 saturated heterocycles. The van der Waals surface area contributed by atoms with Crippen LogP contribution in [0.1, 0.15) is 49.7 Å². The van der Waals surface area contributed by atoms with Crippen molar-refractivity contribution in [3.8, 4) is 11.5 Å². The molecule has 2 aromatic carbocycles. The van der Waals surface area contributed by atoms with Crippen LogP contribution in [0.4, 0.5) is 13.2 Å². The highest BCUT2D eigenvalue weighted by molar-refractivity contribution is 6.32. The van der Waals surface area contributed by atoms with Crippen LogP contribution in [0.25, 0.3) is 6.08 Å². The quantitative estimate of drug-likeness (QED) is 0.413. The number of halogens is 4. The number of ether oxygens (including phenoxy) is 1. The van der Waals surface area contributed by atoms with Crippen LogP contribution < -0.4 is 10.1 Å². The van der Waals surface area contributed by atoms with Crippen molar-refractivity contribution < 1.29 is 32.6 Å². The van der Waals surface area contributed by atoms with Gasteiger partial charge in [-0.05, 0) is 48.2 Å². The Labute approximate surface area is 194 Å². The molecule has 3 rings (SSSR count). The number of carbonyl (C=O) groups excluding carboxylic acids is 1. The third kappa shape index (κ3) is 6.99. The smallest absolute Gasteiger partial charge is 0.417 e. The number of nitrogens with one attached hydrogen (secondary N) is 1. The molecule has 1 aliphatic rings. The van der Waals surface area contributed by atoms with E-state index in [1.165, 1.54) is 18.2 Å². The topological polar surface area (TPSA) is 75.6 Å². The lowest BCUT2D eigenvalue weighted by molar-refractivity contribution is -0.138. The molecule has 0 heterocycles. The first-order valence-corrected chi connectivity index (χ1v) is 10.9. The van der Waals surface area contributed by atoms with Crippen molar-refractivity contribution in [2.24, 2.45) is 5.92 Å². The van der Waals surface area contributed by atoms with E-state index in [-0.39, 0.29) is 22.9 Å². The number of aliphatic carboxylic acids is 1. The zero-order chi connectivity index (χ0) is 24.0. The molecule has 0 unspecified atom stereocenters. The van der Waals surface area contributed by atoms with Crippen LogP contribution in [0.3, 0.4) is 0 Å². The van der Waals surface area contributed by atoms with Gasteiger partial charge in [-0.2, -0.15) is 13.2 Å². The Hall–Kier alpha value is -3.00. The van der Waals surface area contributed by atoms with Gasteiger partial charge in [0.25, 0.3) is 0 Å². The Morgan fingerprint density at radius 2 is 1.85 bits per heavy atom. The number of hydrogen-bond acceptors (Lipinski definition) is 3. The summed E-state index contributed by atoms with van der Waals surface area (Å²) in [6, 6.07) is 9.43. The first-order chi connectivity index (χ1) is 15.6. The molecule has 2 N–H and O–H groups in total. The average Bonchev–Trinajstić information content (AvgIpc) is 3.27. The van der Waals surface area contributed by atoms with Gasteiger partial charge in [-0.25, -0.2) is 4.79 Å². The third-order valence-corrected chi connectivity index (χ3v) is 5.77. The van der Waals surface area contributed by atoms with Crippen LogP contribution in [-0.4, -0.2) is 17.0 Å². The Morgan fingerprint density at radius 3 is 2.48 bits per heavy atom. The van der Waals surface area contributed by atoms with Crippen molar-refractivity contribution in [1.29, 1.82) is 0 Å². The van der Waals surface area contributed by atoms with Crippen molar-refractivity contribution in [2.45, 2.75) is 44.7 Å². The molecule has 0 aromatic heterocycles. The molecule has 0 atom stereocenters. The summed E-state index contributed by atoms with van der Waals surface area (Å²) in [7, 11) is 0. The minimum atomic E-state index is -4.79. The fourth-order valence-electron chi connectivity index (χ4n) is 3.78. The fraction of sp³-hybridized carbons (Fsp3) is 0.333. The highest BCUT2D eigenvalue weighted by atomic mass is 35.5. The van der Waals surface area contributed by atoms with E-state index < -0.39 is 34.9 Å². The summed E-state index contributed by atoms with van der Waals surface area (Å²) in [5.41, 5.74) is -2.15. The lowest BCUT2D eigenvalue weighted by Crippen LogP contribution is -2.27. The summed E-state index contributed by atoms with van der Waals surface area (Å²) in [6.45, 7) is 0. The largest absolute Gasteiger partial charge is 0.477 e. The molecule has 0 radical (unpaired) electrons. The van der Waals surface area contributed by atoms with E-state index in [0.29, 0.717) is 12.3 Å². The summed E-state index contributed by atoms with van der Waals surface area (Å²) < 4.78 is 46.6. The Morgan fingerprint density at radius 1 is 1.15 bits per heavy atom. The summed E-state index contributed by atoms with van der Waals surface area (Å²) >= 11 is 5.99. The number of carboxylic acids is 1. The number of amides is 1. The highest BCUT2D eigenvalue weighted by Gasteiger charge is 2.34. The maximum absolute atomic E-state index is 13.7. The predicted molar refractivity (Wildman–Crippen MR) is 118 cm³/mol. The Bertz CT molecular complexity index is 1050. The van der Waals surface area contributed by atoms with Crippen LogP contribution in [-0.2, 0) is 15.8 Å². The molecular formula is C24H23ClF3NO4. The lowest BCUT2D eigenvalue weighted by atomic mass is 10.0. The van der Waals surface area contributed by atoms with E-state index in [4.69, 9.17) is 16.3 Å². The van der Waals surface area contributed by atoms with Crippen molar-refractivity contribution >= 4 is 29.6 Å². The molecule has 9 heteroatoms. The van der Waals surface area contributed by atoms with Crippen LogP contribution >= 0.6 is 11.6 Å². The molecule has 1 amide bonds. The molecule has 2 aromatic rings. The minimum absolute atomic E-state index is 0.117. The fourth-order valence-corrected chi connectivity index (χ4v) is 3.95. The molecule has 1 fully saturated rings. The Balaban J connectivity index is 1.82. The van der Waals surface area contributed by atoms with Gasteiger partial charge >= 0.3 is 12.1 Å². The number of rotatable bonds is 8. The van der Waals surface area contributed by atoms with Gasteiger partial charge in [-0.3, -0.25) is 4.79 Å². The first kappa shape index (κ1) is 24.6. The molecule has 5 nitrogen and oxygen atoms in total. The molecule has 0 spiro atoms. The third-order valence-electron chi connectivity index (χ3n) is 5.45. The van der Waals surface area contributed by atoms with Crippen LogP contribution in [0.2, 0.25) is 5.02 Å². The summed E-state index contributed by atoms with van der Waals surface area (Å²) in [6.07, 6.45) is 1.05. The van der Waals surface area contributed by atoms with E-state index in [2.05, 4.69) is 5.32 Å². The number of carboxylic acid groups (broad SMARTS) is 1. The van der Waals surface area contributed by atoms with Gasteiger partial charge in [0.05, 0.1) is 10.6 Å². The second-order valence-corrected chi connectivity index (χ2v) is 8.29. The minimum Gasteiger partial charge on any atom is -0.477 e. The standard InChI is InChI=1S/C24H23ClF3NO4/c25-19-7-3-4-8-21(19)33-17-11-10-16(18(14-17)24(26,27)28)13-20(23(31)32)29-22(30)12-9-15-5-1-2-6-15/h3-4,7-8,10-11,13-15H,1-2,5-6,9,12H2,(H,29,30)(H,31,32)/b20-13-. The van der Waals surface area contributed by atoms with Gasteiger partial charge in [-0.15, -0.1) is 0 Å². The molecule has 33 heavy (non-hydrogen) atoms. The predicted octanol–water partition coefficient (Wildman–Crippen LogP) is 6.66. The maximum Gasteiger partial charge on any atom is 0.417 e. The van der Waals surface area contributed by atoms with Crippen LogP contribution in [0.15, 0.2) is 48.2 Å². The van der Waals surface area contributed by atoms with Crippen LogP contribution in [0, 0.1) is 5.92 Å². The monoisotopic (exact) mass is 481 g/mol. The summed E-state index contributed by atoms with van der Waals surface area (Å²) in [4.78, 5) is 23.8. The van der Waals surface area contributed by atoms with E-state index in [1.54, 1.807) is 12.1 Å². The molecule has 176 valence electrons. The number of para-hydroxylation sites is 1. The van der Waals surface area contributed by atoms with Crippen molar-refractivity contribution in [2.75, 3.05) is 0 Å². The number of benzene rings is 2. The number of hydrogen-bond donors (Lipinski definition) is 2. The van der Waals surface area contributed by atoms with Crippen molar-refractivity contribution in [1.82, 2.24) is 5.32 Å². The average molecular weight is 482 g/mol. The van der Waals surface area contributed by atoms with Gasteiger partial charge in [-0.1, -0.05) is 55.5 Å². The van der Waals surface area contributed by atoms with E-state index in [0.717, 1.165) is 43.9 Å². The molecule has 1 saturated carbocycles. The van der Waals surface area contributed by atoms with E-state index in [1.807, 2.05) is 0 Å². The zero-order valence-corrected chi connectivity index (χ0v) is 18.4. The molecule has 1 aliphatic carbocycles. The number of carbonyl (C=O) groups is 2.